The minimum absolute atomic E-state index is 0.0682. The molecule has 2 rings (SSSR count). The molecule has 0 spiro atoms. The van der Waals surface area contributed by atoms with E-state index in [4.69, 9.17) is 14.2 Å². The van der Waals surface area contributed by atoms with Gasteiger partial charge in [0.05, 0.1) is 19.3 Å². The van der Waals surface area contributed by atoms with Gasteiger partial charge in [-0.1, -0.05) is 18.2 Å². The predicted octanol–water partition coefficient (Wildman–Crippen LogP) is 0.758. The molecule has 19 heavy (non-hydrogen) atoms. The Bertz CT molecular complexity index is 444. The largest absolute Gasteiger partial charge is 0.467 e. The zero-order chi connectivity index (χ0) is 13.7. The molecule has 0 radical (unpaired) electrons. The lowest BCUT2D eigenvalue weighted by Crippen LogP contribution is -2.26. The van der Waals surface area contributed by atoms with Crippen molar-refractivity contribution in [2.45, 2.75) is 12.4 Å². The molecule has 2 atom stereocenters. The van der Waals surface area contributed by atoms with Crippen molar-refractivity contribution in [1.82, 2.24) is 0 Å². The molecule has 0 bridgehead atoms. The Hall–Kier alpha value is -1.92. The van der Waals surface area contributed by atoms with Crippen molar-refractivity contribution in [2.24, 2.45) is 0 Å². The molecule has 0 amide bonds. The molecule has 0 unspecified atom stereocenters. The summed E-state index contributed by atoms with van der Waals surface area (Å²) in [6.07, 6.45) is -1.50. The molecule has 102 valence electrons. The first-order valence-electron chi connectivity index (χ1n) is 5.78. The maximum atomic E-state index is 11.6. The quantitative estimate of drug-likeness (QED) is 0.749. The summed E-state index contributed by atoms with van der Waals surface area (Å²) < 4.78 is 20.0. The maximum Gasteiger partial charge on any atom is 0.338 e. The van der Waals surface area contributed by atoms with Crippen LogP contribution in [0.5, 0.6) is 0 Å². The van der Waals surface area contributed by atoms with Crippen molar-refractivity contribution < 1.29 is 28.5 Å². The van der Waals surface area contributed by atoms with E-state index in [-0.39, 0.29) is 13.2 Å². The Balaban J connectivity index is 1.78. The lowest BCUT2D eigenvalue weighted by atomic mass is 10.2. The molecular formula is C13H14O6. The molecule has 6 heteroatoms. The van der Waals surface area contributed by atoms with Crippen LogP contribution in [0.15, 0.2) is 30.3 Å². The Morgan fingerprint density at radius 2 is 2.05 bits per heavy atom. The van der Waals surface area contributed by atoms with Crippen LogP contribution in [0.25, 0.3) is 0 Å². The molecule has 0 N–H and O–H groups in total. The zero-order valence-corrected chi connectivity index (χ0v) is 10.4. The van der Waals surface area contributed by atoms with Gasteiger partial charge in [0.25, 0.3) is 0 Å². The molecule has 1 fully saturated rings. The van der Waals surface area contributed by atoms with Gasteiger partial charge in [-0.2, -0.15) is 0 Å². The first-order valence-corrected chi connectivity index (χ1v) is 5.78. The van der Waals surface area contributed by atoms with Gasteiger partial charge >= 0.3 is 11.9 Å². The molecule has 1 aliphatic heterocycles. The Morgan fingerprint density at radius 1 is 1.32 bits per heavy atom. The minimum atomic E-state index is -0.759. The van der Waals surface area contributed by atoms with E-state index in [0.717, 1.165) is 0 Å². The average Bonchev–Trinajstić information content (AvgIpc) is 2.93. The number of hydrogen-bond donors (Lipinski definition) is 0. The summed E-state index contributed by atoms with van der Waals surface area (Å²) in [6.45, 7) is 0.0292. The molecule has 1 saturated heterocycles. The SMILES string of the molecule is COC(=O)[C@@H]1CO[C@@H](COC(=O)c2ccccc2)O1. The third-order valence-electron chi connectivity index (χ3n) is 2.57. The van der Waals surface area contributed by atoms with Crippen LogP contribution in [0.4, 0.5) is 0 Å². The van der Waals surface area contributed by atoms with E-state index in [0.29, 0.717) is 5.56 Å². The highest BCUT2D eigenvalue weighted by atomic mass is 16.7. The molecular weight excluding hydrogens is 252 g/mol. The summed E-state index contributed by atoms with van der Waals surface area (Å²) in [5, 5.41) is 0. The number of methoxy groups -OCH3 is 1. The smallest absolute Gasteiger partial charge is 0.338 e. The molecule has 0 aliphatic carbocycles. The molecule has 0 aromatic heterocycles. The van der Waals surface area contributed by atoms with Crippen molar-refractivity contribution in [3.8, 4) is 0 Å². The molecule has 1 aliphatic rings. The number of rotatable bonds is 4. The Labute approximate surface area is 110 Å². The highest BCUT2D eigenvalue weighted by Crippen LogP contribution is 2.13. The Morgan fingerprint density at radius 3 is 2.74 bits per heavy atom. The highest BCUT2D eigenvalue weighted by Gasteiger charge is 2.33. The monoisotopic (exact) mass is 266 g/mol. The predicted molar refractivity (Wildman–Crippen MR) is 63.4 cm³/mol. The topological polar surface area (TPSA) is 71.1 Å². The van der Waals surface area contributed by atoms with Gasteiger partial charge in [-0.3, -0.25) is 0 Å². The van der Waals surface area contributed by atoms with Gasteiger partial charge in [0.2, 0.25) is 0 Å². The van der Waals surface area contributed by atoms with Gasteiger partial charge < -0.3 is 18.9 Å². The van der Waals surface area contributed by atoms with Gasteiger partial charge in [-0.05, 0) is 12.1 Å². The maximum absolute atomic E-state index is 11.6. The summed E-state index contributed by atoms with van der Waals surface area (Å²) in [5.41, 5.74) is 0.449. The third kappa shape index (κ3) is 3.52. The van der Waals surface area contributed by atoms with Gasteiger partial charge in [0.1, 0.15) is 6.61 Å². The first-order chi connectivity index (χ1) is 9.20. The molecule has 1 aromatic carbocycles. The van der Waals surface area contributed by atoms with Crippen LogP contribution in [-0.4, -0.2) is 44.7 Å². The normalized spacial score (nSPS) is 21.9. The lowest BCUT2D eigenvalue weighted by Gasteiger charge is -2.11. The summed E-state index contributed by atoms with van der Waals surface area (Å²) in [5.74, 6) is -0.966. The van der Waals surface area contributed by atoms with Gasteiger partial charge in [-0.25, -0.2) is 9.59 Å². The van der Waals surface area contributed by atoms with Crippen molar-refractivity contribution in [3.05, 3.63) is 35.9 Å². The van der Waals surface area contributed by atoms with Crippen LogP contribution in [0, 0.1) is 0 Å². The van der Waals surface area contributed by atoms with Crippen LogP contribution >= 0.6 is 0 Å². The third-order valence-corrected chi connectivity index (χ3v) is 2.57. The van der Waals surface area contributed by atoms with E-state index in [1.54, 1.807) is 30.3 Å². The number of benzene rings is 1. The Kier molecular flexibility index (Phi) is 4.48. The second-order valence-corrected chi connectivity index (χ2v) is 3.88. The minimum Gasteiger partial charge on any atom is -0.467 e. The lowest BCUT2D eigenvalue weighted by molar-refractivity contribution is -0.155. The first kappa shape index (κ1) is 13.5. The van der Waals surface area contributed by atoms with Gasteiger partial charge in [0.15, 0.2) is 12.4 Å². The number of hydrogen-bond acceptors (Lipinski definition) is 6. The number of ether oxygens (including phenoxy) is 4. The summed E-state index contributed by atoms with van der Waals surface area (Å²) in [7, 11) is 1.27. The number of esters is 2. The van der Waals surface area contributed by atoms with Gasteiger partial charge in [-0.15, -0.1) is 0 Å². The molecule has 0 saturated carbocycles. The van der Waals surface area contributed by atoms with Crippen molar-refractivity contribution >= 4 is 11.9 Å². The second kappa shape index (κ2) is 6.31. The zero-order valence-electron chi connectivity index (χ0n) is 10.4. The van der Waals surface area contributed by atoms with Crippen LogP contribution < -0.4 is 0 Å². The molecule has 6 nitrogen and oxygen atoms in total. The number of carbonyl (C=O) groups is 2. The molecule has 1 heterocycles. The van der Waals surface area contributed by atoms with Crippen LogP contribution in [0.3, 0.4) is 0 Å². The summed E-state index contributed by atoms with van der Waals surface area (Å²) in [6, 6.07) is 8.59. The van der Waals surface area contributed by atoms with E-state index in [9.17, 15) is 9.59 Å². The van der Waals surface area contributed by atoms with E-state index in [1.165, 1.54) is 7.11 Å². The van der Waals surface area contributed by atoms with Crippen LogP contribution in [-0.2, 0) is 23.7 Å². The molecule has 1 aromatic rings. The summed E-state index contributed by atoms with van der Waals surface area (Å²) >= 11 is 0. The fourth-order valence-corrected chi connectivity index (χ4v) is 1.60. The van der Waals surface area contributed by atoms with Crippen molar-refractivity contribution in [1.29, 1.82) is 0 Å². The van der Waals surface area contributed by atoms with Crippen LogP contribution in [0.1, 0.15) is 10.4 Å². The van der Waals surface area contributed by atoms with E-state index >= 15 is 0 Å². The fourth-order valence-electron chi connectivity index (χ4n) is 1.60. The standard InChI is InChI=1S/C13H14O6/c1-16-13(15)10-7-17-11(19-10)8-18-12(14)9-5-3-2-4-6-9/h2-6,10-11H,7-8H2,1H3/t10-,11+/m0/s1. The fraction of sp³-hybridized carbons (Fsp3) is 0.385. The van der Waals surface area contributed by atoms with E-state index in [2.05, 4.69) is 4.74 Å². The van der Waals surface area contributed by atoms with Gasteiger partial charge in [0, 0.05) is 0 Å². The highest BCUT2D eigenvalue weighted by molar-refractivity contribution is 5.89. The number of carbonyl (C=O) groups excluding carboxylic acids is 2. The second-order valence-electron chi connectivity index (χ2n) is 3.88. The van der Waals surface area contributed by atoms with Crippen molar-refractivity contribution in [2.75, 3.05) is 20.3 Å². The van der Waals surface area contributed by atoms with E-state index < -0.39 is 24.3 Å². The summed E-state index contributed by atoms with van der Waals surface area (Å²) in [4.78, 5) is 22.8. The van der Waals surface area contributed by atoms with Crippen LogP contribution in [0.2, 0.25) is 0 Å². The van der Waals surface area contributed by atoms with Crippen molar-refractivity contribution in [3.63, 3.8) is 0 Å². The van der Waals surface area contributed by atoms with E-state index in [1.807, 2.05) is 0 Å². The average molecular weight is 266 g/mol.